The van der Waals surface area contributed by atoms with E-state index in [0.717, 1.165) is 4.88 Å². The molecule has 2 rings (SSSR count). The number of nitrogens with zero attached hydrogens (tertiary/aromatic N) is 2. The number of aromatic nitrogens is 2. The molecule has 0 amide bonds. The van der Waals surface area contributed by atoms with Crippen LogP contribution in [-0.4, -0.2) is 29.3 Å². The van der Waals surface area contributed by atoms with Crippen molar-refractivity contribution in [3.8, 4) is 0 Å². The first-order chi connectivity index (χ1) is 8.74. The van der Waals surface area contributed by atoms with Crippen molar-refractivity contribution < 1.29 is 9.53 Å². The molecule has 0 aromatic carbocycles. The van der Waals surface area contributed by atoms with Crippen LogP contribution in [0, 0.1) is 0 Å². The minimum Gasteiger partial charge on any atom is -0.383 e. The second-order valence-corrected chi connectivity index (χ2v) is 4.77. The molecule has 18 heavy (non-hydrogen) atoms. The number of ketones is 1. The zero-order valence-electron chi connectivity index (χ0n) is 10.1. The van der Waals surface area contributed by atoms with Gasteiger partial charge in [-0.15, -0.1) is 11.3 Å². The smallest absolute Gasteiger partial charge is 0.202 e. The molecule has 0 saturated heterocycles. The molecule has 0 aliphatic rings. The number of hydrogen-bond acceptors (Lipinski definition) is 5. The number of Topliss-reactive ketones (excluding diaryl/α,β-unsaturated/α-hetero) is 1. The van der Waals surface area contributed by atoms with Crippen LogP contribution < -0.4 is 5.73 Å². The second kappa shape index (κ2) is 5.90. The summed E-state index contributed by atoms with van der Waals surface area (Å²) in [6.07, 6.45) is 1.60. The molecule has 2 aromatic heterocycles. The number of carbonyl (C=O) groups is 1. The number of rotatable bonds is 6. The van der Waals surface area contributed by atoms with Crippen LogP contribution in [0.1, 0.15) is 21.4 Å². The molecular formula is C12H15N3O2S. The average molecular weight is 265 g/mol. The predicted octanol–water partition coefficient (Wildman–Crippen LogP) is 1.47. The summed E-state index contributed by atoms with van der Waals surface area (Å²) in [7, 11) is 1.61. The first-order valence-electron chi connectivity index (χ1n) is 5.58. The van der Waals surface area contributed by atoms with Crippen LogP contribution in [0.25, 0.3) is 0 Å². The van der Waals surface area contributed by atoms with Gasteiger partial charge in [0.1, 0.15) is 11.7 Å². The van der Waals surface area contributed by atoms with E-state index in [1.165, 1.54) is 11.3 Å². The molecule has 0 fully saturated rings. The molecule has 1 atom stereocenters. The van der Waals surface area contributed by atoms with Gasteiger partial charge in [0, 0.05) is 18.2 Å². The van der Waals surface area contributed by atoms with Crippen molar-refractivity contribution in [2.75, 3.05) is 13.7 Å². The fourth-order valence-electron chi connectivity index (χ4n) is 1.65. The standard InChI is InChI=1S/C12H15N3O2S/c1-17-7-6-15-9(4-5-14-15)12(16)11(13)10-3-2-8-18-10/h2-5,8,11H,6-7,13H2,1H3. The van der Waals surface area contributed by atoms with E-state index in [1.807, 2.05) is 17.5 Å². The van der Waals surface area contributed by atoms with E-state index >= 15 is 0 Å². The van der Waals surface area contributed by atoms with Gasteiger partial charge in [-0.3, -0.25) is 9.48 Å². The summed E-state index contributed by atoms with van der Waals surface area (Å²) in [5.41, 5.74) is 6.48. The molecule has 0 radical (unpaired) electrons. The first kappa shape index (κ1) is 12.9. The van der Waals surface area contributed by atoms with E-state index in [2.05, 4.69) is 5.10 Å². The third kappa shape index (κ3) is 2.66. The monoisotopic (exact) mass is 265 g/mol. The lowest BCUT2D eigenvalue weighted by Crippen LogP contribution is -2.24. The van der Waals surface area contributed by atoms with Crippen LogP contribution in [-0.2, 0) is 11.3 Å². The minimum atomic E-state index is -0.622. The van der Waals surface area contributed by atoms with Gasteiger partial charge in [-0.1, -0.05) is 6.07 Å². The Labute approximate surface area is 109 Å². The molecular weight excluding hydrogens is 250 g/mol. The van der Waals surface area contributed by atoms with Gasteiger partial charge in [-0.05, 0) is 17.5 Å². The third-order valence-corrected chi connectivity index (χ3v) is 3.56. The number of nitrogens with two attached hydrogens (primary N) is 1. The van der Waals surface area contributed by atoms with Gasteiger partial charge in [-0.25, -0.2) is 0 Å². The Kier molecular flexibility index (Phi) is 4.24. The summed E-state index contributed by atoms with van der Waals surface area (Å²) in [6, 6.07) is 4.81. The lowest BCUT2D eigenvalue weighted by Gasteiger charge is -2.10. The zero-order valence-corrected chi connectivity index (χ0v) is 10.9. The SMILES string of the molecule is COCCn1nccc1C(=O)C(N)c1cccs1. The Hall–Kier alpha value is -1.50. The van der Waals surface area contributed by atoms with Crippen molar-refractivity contribution in [1.82, 2.24) is 9.78 Å². The number of hydrogen-bond donors (Lipinski definition) is 1. The highest BCUT2D eigenvalue weighted by Crippen LogP contribution is 2.20. The molecule has 1 unspecified atom stereocenters. The Bertz CT molecular complexity index is 507. The van der Waals surface area contributed by atoms with Crippen molar-refractivity contribution >= 4 is 17.1 Å². The van der Waals surface area contributed by atoms with Crippen molar-refractivity contribution in [2.45, 2.75) is 12.6 Å². The van der Waals surface area contributed by atoms with Gasteiger partial charge < -0.3 is 10.5 Å². The normalized spacial score (nSPS) is 12.6. The highest BCUT2D eigenvalue weighted by molar-refractivity contribution is 7.10. The summed E-state index contributed by atoms with van der Waals surface area (Å²) < 4.78 is 6.61. The molecule has 2 N–H and O–H groups in total. The first-order valence-corrected chi connectivity index (χ1v) is 6.46. The summed E-state index contributed by atoms with van der Waals surface area (Å²) >= 11 is 1.48. The summed E-state index contributed by atoms with van der Waals surface area (Å²) in [5.74, 6) is -0.119. The largest absolute Gasteiger partial charge is 0.383 e. The third-order valence-electron chi connectivity index (χ3n) is 2.61. The predicted molar refractivity (Wildman–Crippen MR) is 69.7 cm³/mol. The lowest BCUT2D eigenvalue weighted by atomic mass is 10.1. The Morgan fingerprint density at radius 2 is 2.44 bits per heavy atom. The van der Waals surface area contributed by atoms with Gasteiger partial charge in [0.15, 0.2) is 0 Å². The topological polar surface area (TPSA) is 70.1 Å². The van der Waals surface area contributed by atoms with E-state index in [0.29, 0.717) is 18.8 Å². The molecule has 2 aromatic rings. The zero-order chi connectivity index (χ0) is 13.0. The number of ether oxygens (including phenoxy) is 1. The molecule has 0 aliphatic carbocycles. The maximum absolute atomic E-state index is 12.3. The lowest BCUT2D eigenvalue weighted by molar-refractivity contribution is 0.0948. The molecule has 5 nitrogen and oxygen atoms in total. The molecule has 0 saturated carbocycles. The van der Waals surface area contributed by atoms with Crippen LogP contribution in [0.15, 0.2) is 29.8 Å². The molecule has 6 heteroatoms. The Balaban J connectivity index is 2.16. The maximum atomic E-state index is 12.3. The van der Waals surface area contributed by atoms with Gasteiger partial charge >= 0.3 is 0 Å². The maximum Gasteiger partial charge on any atom is 0.202 e. The number of carbonyl (C=O) groups excluding carboxylic acids is 1. The molecule has 2 heterocycles. The molecule has 96 valence electrons. The molecule has 0 spiro atoms. The van der Waals surface area contributed by atoms with Crippen molar-refractivity contribution in [1.29, 1.82) is 0 Å². The Morgan fingerprint density at radius 3 is 3.11 bits per heavy atom. The highest BCUT2D eigenvalue weighted by atomic mass is 32.1. The summed E-state index contributed by atoms with van der Waals surface area (Å²) in [5, 5.41) is 6.01. The van der Waals surface area contributed by atoms with Crippen LogP contribution in [0.5, 0.6) is 0 Å². The van der Waals surface area contributed by atoms with Crippen molar-refractivity contribution in [3.05, 3.63) is 40.3 Å². The van der Waals surface area contributed by atoms with Crippen molar-refractivity contribution in [2.24, 2.45) is 5.73 Å². The van der Waals surface area contributed by atoms with Gasteiger partial charge in [0.05, 0.1) is 13.2 Å². The molecule has 0 aliphatic heterocycles. The van der Waals surface area contributed by atoms with Gasteiger partial charge in [-0.2, -0.15) is 5.10 Å². The quantitative estimate of drug-likeness (QED) is 0.803. The number of methoxy groups -OCH3 is 1. The van der Waals surface area contributed by atoms with E-state index in [9.17, 15) is 4.79 Å². The summed E-state index contributed by atoms with van der Waals surface area (Å²) in [6.45, 7) is 1.05. The molecule has 0 bridgehead atoms. The second-order valence-electron chi connectivity index (χ2n) is 3.79. The van der Waals surface area contributed by atoms with Crippen LogP contribution in [0.4, 0.5) is 0 Å². The van der Waals surface area contributed by atoms with E-state index < -0.39 is 6.04 Å². The Morgan fingerprint density at radius 1 is 1.61 bits per heavy atom. The van der Waals surface area contributed by atoms with Crippen LogP contribution >= 0.6 is 11.3 Å². The van der Waals surface area contributed by atoms with Gasteiger partial charge in [0.25, 0.3) is 0 Å². The van der Waals surface area contributed by atoms with Crippen molar-refractivity contribution in [3.63, 3.8) is 0 Å². The van der Waals surface area contributed by atoms with E-state index in [-0.39, 0.29) is 5.78 Å². The fraction of sp³-hybridized carbons (Fsp3) is 0.333. The van der Waals surface area contributed by atoms with Crippen LogP contribution in [0.3, 0.4) is 0 Å². The summed E-state index contributed by atoms with van der Waals surface area (Å²) in [4.78, 5) is 13.1. The van der Waals surface area contributed by atoms with E-state index in [1.54, 1.807) is 24.1 Å². The fourth-order valence-corrected chi connectivity index (χ4v) is 2.38. The van der Waals surface area contributed by atoms with E-state index in [4.69, 9.17) is 10.5 Å². The minimum absolute atomic E-state index is 0.119. The number of thiophene rings is 1. The van der Waals surface area contributed by atoms with Gasteiger partial charge in [0.2, 0.25) is 5.78 Å². The highest BCUT2D eigenvalue weighted by Gasteiger charge is 2.21. The average Bonchev–Trinajstić information content (AvgIpc) is 3.05. The van der Waals surface area contributed by atoms with Crippen LogP contribution in [0.2, 0.25) is 0 Å².